The van der Waals surface area contributed by atoms with E-state index in [9.17, 15) is 14.7 Å². The molecule has 1 aromatic rings. The molecule has 0 unspecified atom stereocenters. The van der Waals surface area contributed by atoms with Crippen LogP contribution >= 0.6 is 0 Å². The van der Waals surface area contributed by atoms with Crippen LogP contribution in [0.5, 0.6) is 0 Å². The maximum atomic E-state index is 12.3. The van der Waals surface area contributed by atoms with Crippen molar-refractivity contribution in [2.45, 2.75) is 58.7 Å². The Morgan fingerprint density at radius 1 is 1.33 bits per heavy atom. The van der Waals surface area contributed by atoms with E-state index in [0.717, 1.165) is 11.3 Å². The third-order valence-electron chi connectivity index (χ3n) is 3.65. The predicted octanol–water partition coefficient (Wildman–Crippen LogP) is 1.20. The van der Waals surface area contributed by atoms with Gasteiger partial charge in [0, 0.05) is 12.1 Å². The average molecular weight is 338 g/mol. The number of nitrogens with one attached hydrogen (secondary N) is 2. The molecule has 0 atom stereocenters. The summed E-state index contributed by atoms with van der Waals surface area (Å²) >= 11 is 0. The van der Waals surface area contributed by atoms with Crippen LogP contribution in [0.15, 0.2) is 0 Å². The van der Waals surface area contributed by atoms with E-state index in [-0.39, 0.29) is 18.6 Å². The third-order valence-corrected chi connectivity index (χ3v) is 3.65. The number of hydrogen-bond acceptors (Lipinski definition) is 5. The Balaban J connectivity index is 2.09. The van der Waals surface area contributed by atoms with E-state index in [1.807, 2.05) is 20.8 Å². The van der Waals surface area contributed by atoms with Crippen LogP contribution in [0.2, 0.25) is 0 Å². The van der Waals surface area contributed by atoms with Gasteiger partial charge in [-0.15, -0.1) is 0 Å². The van der Waals surface area contributed by atoms with Crippen LogP contribution in [-0.2, 0) is 17.7 Å². The Kier molecular flexibility index (Phi) is 4.89. The summed E-state index contributed by atoms with van der Waals surface area (Å²) in [5, 5.41) is 18.9. The van der Waals surface area contributed by atoms with Gasteiger partial charge in [-0.2, -0.15) is 5.10 Å². The number of rotatable bonds is 3. The fraction of sp³-hybridized carbons (Fsp3) is 0.688. The number of fused-ring (bicyclic) bond motifs is 1. The van der Waals surface area contributed by atoms with E-state index in [0.29, 0.717) is 25.2 Å². The molecule has 0 saturated carbocycles. The molecule has 0 spiro atoms. The van der Waals surface area contributed by atoms with Crippen LogP contribution in [0.4, 0.5) is 4.79 Å². The van der Waals surface area contributed by atoms with Crippen molar-refractivity contribution in [1.29, 1.82) is 0 Å². The van der Waals surface area contributed by atoms with E-state index in [1.165, 1.54) is 0 Å². The van der Waals surface area contributed by atoms with Crippen LogP contribution in [0.3, 0.4) is 0 Å². The number of amides is 2. The van der Waals surface area contributed by atoms with Gasteiger partial charge in [-0.1, -0.05) is 0 Å². The van der Waals surface area contributed by atoms with E-state index < -0.39 is 11.1 Å². The lowest BCUT2D eigenvalue weighted by molar-refractivity contribution is 0.0221. The van der Waals surface area contributed by atoms with Crippen molar-refractivity contribution in [3.63, 3.8) is 0 Å². The van der Waals surface area contributed by atoms with Crippen LogP contribution in [-0.4, -0.2) is 56.5 Å². The smallest absolute Gasteiger partial charge is 0.410 e. The molecule has 1 aliphatic rings. The molecule has 1 aromatic heterocycles. The summed E-state index contributed by atoms with van der Waals surface area (Å²) < 4.78 is 5.37. The molecule has 2 rings (SSSR count). The van der Waals surface area contributed by atoms with Gasteiger partial charge in [-0.05, 0) is 41.0 Å². The second-order valence-electron chi connectivity index (χ2n) is 7.68. The molecule has 24 heavy (non-hydrogen) atoms. The SMILES string of the molecule is CC(C)(CO)NC(=O)c1n[nH]c2c1CCN(C(=O)OC(C)(C)C)C2. The summed E-state index contributed by atoms with van der Waals surface area (Å²) in [6.07, 6.45) is 0.142. The van der Waals surface area contributed by atoms with Gasteiger partial charge >= 0.3 is 6.09 Å². The lowest BCUT2D eigenvalue weighted by Gasteiger charge is -2.30. The summed E-state index contributed by atoms with van der Waals surface area (Å²) in [6, 6.07) is 0. The molecule has 2 amide bonds. The number of hydrogen-bond donors (Lipinski definition) is 3. The highest BCUT2D eigenvalue weighted by atomic mass is 16.6. The van der Waals surface area contributed by atoms with E-state index in [2.05, 4.69) is 15.5 Å². The number of carbonyl (C=O) groups excluding carboxylic acids is 2. The minimum Gasteiger partial charge on any atom is -0.444 e. The largest absolute Gasteiger partial charge is 0.444 e. The highest BCUT2D eigenvalue weighted by Gasteiger charge is 2.31. The van der Waals surface area contributed by atoms with Gasteiger partial charge in [0.2, 0.25) is 0 Å². The van der Waals surface area contributed by atoms with Crippen molar-refractivity contribution in [1.82, 2.24) is 20.4 Å². The van der Waals surface area contributed by atoms with Crippen molar-refractivity contribution >= 4 is 12.0 Å². The molecule has 0 radical (unpaired) electrons. The van der Waals surface area contributed by atoms with Gasteiger partial charge in [0.1, 0.15) is 5.60 Å². The molecular formula is C16H26N4O4. The van der Waals surface area contributed by atoms with E-state index in [1.54, 1.807) is 18.7 Å². The Morgan fingerprint density at radius 3 is 2.58 bits per heavy atom. The summed E-state index contributed by atoms with van der Waals surface area (Å²) in [5.41, 5.74) is 0.585. The first-order valence-corrected chi connectivity index (χ1v) is 8.00. The maximum absolute atomic E-state index is 12.3. The zero-order chi connectivity index (χ0) is 18.1. The number of carbonyl (C=O) groups is 2. The topological polar surface area (TPSA) is 108 Å². The first kappa shape index (κ1) is 18.3. The lowest BCUT2D eigenvalue weighted by atomic mass is 10.0. The molecular weight excluding hydrogens is 312 g/mol. The molecule has 8 heteroatoms. The van der Waals surface area contributed by atoms with Gasteiger partial charge in [-0.25, -0.2) is 4.79 Å². The Labute approximate surface area is 141 Å². The predicted molar refractivity (Wildman–Crippen MR) is 87.6 cm³/mol. The Bertz CT molecular complexity index is 631. The number of aromatic amines is 1. The minimum atomic E-state index is -0.722. The molecule has 3 N–H and O–H groups in total. The molecule has 0 aromatic carbocycles. The molecule has 2 heterocycles. The maximum Gasteiger partial charge on any atom is 0.410 e. The number of H-pyrrole nitrogens is 1. The monoisotopic (exact) mass is 338 g/mol. The third kappa shape index (κ3) is 4.25. The van der Waals surface area contributed by atoms with E-state index >= 15 is 0 Å². The van der Waals surface area contributed by atoms with Crippen molar-refractivity contribution in [2.75, 3.05) is 13.2 Å². The summed E-state index contributed by atoms with van der Waals surface area (Å²) in [4.78, 5) is 26.1. The first-order valence-electron chi connectivity index (χ1n) is 8.00. The van der Waals surface area contributed by atoms with Crippen LogP contribution in [0.1, 0.15) is 56.4 Å². The zero-order valence-corrected chi connectivity index (χ0v) is 14.9. The fourth-order valence-electron chi connectivity index (χ4n) is 2.39. The molecule has 134 valence electrons. The lowest BCUT2D eigenvalue weighted by Crippen LogP contribution is -2.46. The normalized spacial score (nSPS) is 15.0. The number of aromatic nitrogens is 2. The zero-order valence-electron chi connectivity index (χ0n) is 14.9. The molecule has 0 fully saturated rings. The van der Waals surface area contributed by atoms with Crippen LogP contribution in [0, 0.1) is 0 Å². The molecule has 0 saturated heterocycles. The van der Waals surface area contributed by atoms with Crippen molar-refractivity contribution in [3.8, 4) is 0 Å². The van der Waals surface area contributed by atoms with E-state index in [4.69, 9.17) is 4.74 Å². The van der Waals surface area contributed by atoms with Gasteiger partial charge in [0.05, 0.1) is 24.4 Å². The van der Waals surface area contributed by atoms with Crippen molar-refractivity contribution in [2.24, 2.45) is 0 Å². The van der Waals surface area contributed by atoms with Gasteiger partial charge in [0.15, 0.2) is 5.69 Å². The van der Waals surface area contributed by atoms with Crippen molar-refractivity contribution < 1.29 is 19.4 Å². The number of aliphatic hydroxyl groups is 1. The van der Waals surface area contributed by atoms with Gasteiger partial charge < -0.3 is 20.1 Å². The number of nitrogens with zero attached hydrogens (tertiary/aromatic N) is 2. The molecule has 0 bridgehead atoms. The molecule has 0 aliphatic carbocycles. The highest BCUT2D eigenvalue weighted by Crippen LogP contribution is 2.22. The van der Waals surface area contributed by atoms with Gasteiger partial charge in [0.25, 0.3) is 5.91 Å². The number of aliphatic hydroxyl groups excluding tert-OH is 1. The first-order chi connectivity index (χ1) is 11.0. The quantitative estimate of drug-likeness (QED) is 0.768. The minimum absolute atomic E-state index is 0.169. The Morgan fingerprint density at radius 2 is 2.00 bits per heavy atom. The van der Waals surface area contributed by atoms with Crippen LogP contribution < -0.4 is 5.32 Å². The second-order valence-corrected chi connectivity index (χ2v) is 7.68. The summed E-state index contributed by atoms with van der Waals surface area (Å²) in [7, 11) is 0. The second kappa shape index (κ2) is 6.43. The summed E-state index contributed by atoms with van der Waals surface area (Å²) in [5.74, 6) is -0.336. The fourth-order valence-corrected chi connectivity index (χ4v) is 2.39. The molecule has 8 nitrogen and oxygen atoms in total. The van der Waals surface area contributed by atoms with Crippen molar-refractivity contribution in [3.05, 3.63) is 17.0 Å². The Hall–Kier alpha value is -2.09. The average Bonchev–Trinajstić information content (AvgIpc) is 2.88. The number of ether oxygens (including phenoxy) is 1. The molecule has 1 aliphatic heterocycles. The van der Waals surface area contributed by atoms with Gasteiger partial charge in [-0.3, -0.25) is 9.89 Å². The van der Waals surface area contributed by atoms with Crippen LogP contribution in [0.25, 0.3) is 0 Å². The standard InChI is InChI=1S/C16H26N4O4/c1-15(2,3)24-14(23)20-7-6-10-11(8-20)18-19-12(10)13(22)17-16(4,5)9-21/h21H,6-9H2,1-5H3,(H,17,22)(H,18,19). The summed E-state index contributed by atoms with van der Waals surface area (Å²) in [6.45, 7) is 9.55. The highest BCUT2D eigenvalue weighted by molar-refractivity contribution is 5.94.